The third-order valence-electron chi connectivity index (χ3n) is 3.69. The van der Waals surface area contributed by atoms with Gasteiger partial charge in [-0.1, -0.05) is 35.9 Å². The Labute approximate surface area is 143 Å². The lowest BCUT2D eigenvalue weighted by Gasteiger charge is -2.10. The van der Waals surface area contributed by atoms with Crippen LogP contribution in [0.2, 0.25) is 0 Å². The van der Waals surface area contributed by atoms with E-state index < -0.39 is 0 Å². The van der Waals surface area contributed by atoms with Gasteiger partial charge >= 0.3 is 0 Å². The molecule has 0 radical (unpaired) electrons. The molecule has 0 spiro atoms. The molecule has 0 aliphatic carbocycles. The molecule has 24 heavy (non-hydrogen) atoms. The zero-order valence-electron chi connectivity index (χ0n) is 13.1. The molecule has 0 unspecified atom stereocenters. The van der Waals surface area contributed by atoms with Gasteiger partial charge < -0.3 is 4.74 Å². The van der Waals surface area contributed by atoms with E-state index in [0.29, 0.717) is 0 Å². The fraction of sp³-hybridized carbons (Fsp3) is 0.0526. The van der Waals surface area contributed by atoms with Gasteiger partial charge in [-0.2, -0.15) is 15.4 Å². The number of hydrogen-bond donors (Lipinski definition) is 1. The molecule has 0 bridgehead atoms. The molecular formula is C19H15N3OS. The predicted molar refractivity (Wildman–Crippen MR) is 96.4 cm³/mol. The standard InChI is InChI=1S/C19H15N3OS/c1-13-8-10-14(11-9-13)23-16-6-3-2-5-15(16)18-19(21-22-20-18)17-7-4-12-24-17/h2-12H,1H3,(H,20,21,22). The fourth-order valence-electron chi connectivity index (χ4n) is 2.49. The van der Waals surface area contributed by atoms with Gasteiger partial charge in [0, 0.05) is 5.56 Å². The molecule has 0 atom stereocenters. The van der Waals surface area contributed by atoms with Gasteiger partial charge in [0.2, 0.25) is 0 Å². The normalized spacial score (nSPS) is 10.7. The van der Waals surface area contributed by atoms with Crippen molar-refractivity contribution in [3.05, 3.63) is 71.6 Å². The van der Waals surface area contributed by atoms with Crippen molar-refractivity contribution >= 4 is 11.3 Å². The number of para-hydroxylation sites is 1. The summed E-state index contributed by atoms with van der Waals surface area (Å²) in [6, 6.07) is 19.9. The molecule has 4 aromatic rings. The molecule has 4 rings (SSSR count). The van der Waals surface area contributed by atoms with Gasteiger partial charge in [0.1, 0.15) is 22.9 Å². The molecule has 2 aromatic heterocycles. The smallest absolute Gasteiger partial charge is 0.136 e. The summed E-state index contributed by atoms with van der Waals surface area (Å²) >= 11 is 1.64. The van der Waals surface area contributed by atoms with Crippen molar-refractivity contribution < 1.29 is 4.74 Å². The van der Waals surface area contributed by atoms with E-state index in [1.165, 1.54) is 5.56 Å². The molecule has 0 saturated heterocycles. The van der Waals surface area contributed by atoms with E-state index in [9.17, 15) is 0 Å². The topological polar surface area (TPSA) is 50.8 Å². The lowest BCUT2D eigenvalue weighted by Crippen LogP contribution is -1.90. The lowest BCUT2D eigenvalue weighted by molar-refractivity contribution is 0.484. The summed E-state index contributed by atoms with van der Waals surface area (Å²) in [7, 11) is 0. The van der Waals surface area contributed by atoms with Crippen LogP contribution in [0.5, 0.6) is 11.5 Å². The minimum absolute atomic E-state index is 0.757. The highest BCUT2D eigenvalue weighted by Gasteiger charge is 2.17. The van der Waals surface area contributed by atoms with Crippen molar-refractivity contribution in [2.45, 2.75) is 6.92 Å². The first-order valence-corrected chi connectivity index (χ1v) is 8.48. The van der Waals surface area contributed by atoms with Crippen molar-refractivity contribution in [2.75, 3.05) is 0 Å². The van der Waals surface area contributed by atoms with Crippen molar-refractivity contribution in [3.8, 4) is 33.3 Å². The summed E-state index contributed by atoms with van der Waals surface area (Å²) in [5.41, 5.74) is 3.74. The Morgan fingerprint density at radius 3 is 2.46 bits per heavy atom. The number of H-pyrrole nitrogens is 1. The lowest BCUT2D eigenvalue weighted by atomic mass is 10.1. The first-order valence-electron chi connectivity index (χ1n) is 7.60. The third kappa shape index (κ3) is 2.81. The number of nitrogens with zero attached hydrogens (tertiary/aromatic N) is 2. The number of aryl methyl sites for hydroxylation is 1. The minimum atomic E-state index is 0.757. The second kappa shape index (κ2) is 6.29. The zero-order chi connectivity index (χ0) is 16.4. The quantitative estimate of drug-likeness (QED) is 0.551. The maximum atomic E-state index is 6.08. The number of benzene rings is 2. The molecule has 5 heteroatoms. The Morgan fingerprint density at radius 2 is 1.67 bits per heavy atom. The Bertz CT molecular complexity index is 943. The first-order chi connectivity index (χ1) is 11.8. The SMILES string of the molecule is Cc1ccc(Oc2ccccc2-c2n[nH]nc2-c2cccs2)cc1. The first kappa shape index (κ1) is 14.7. The Balaban J connectivity index is 1.75. The minimum Gasteiger partial charge on any atom is -0.457 e. The summed E-state index contributed by atoms with van der Waals surface area (Å²) in [6.45, 7) is 2.06. The van der Waals surface area contributed by atoms with Crippen LogP contribution in [0.15, 0.2) is 66.0 Å². The van der Waals surface area contributed by atoms with E-state index in [-0.39, 0.29) is 0 Å². The van der Waals surface area contributed by atoms with Crippen molar-refractivity contribution in [2.24, 2.45) is 0 Å². The summed E-state index contributed by atoms with van der Waals surface area (Å²) in [4.78, 5) is 1.07. The molecule has 2 heterocycles. The number of ether oxygens (including phenoxy) is 1. The number of nitrogens with one attached hydrogen (secondary N) is 1. The monoisotopic (exact) mass is 333 g/mol. The van der Waals surface area contributed by atoms with E-state index in [0.717, 1.165) is 33.3 Å². The highest BCUT2D eigenvalue weighted by molar-refractivity contribution is 7.13. The second-order valence-electron chi connectivity index (χ2n) is 5.41. The number of aromatic nitrogens is 3. The van der Waals surface area contributed by atoms with Crippen molar-refractivity contribution in [1.29, 1.82) is 0 Å². The van der Waals surface area contributed by atoms with Gasteiger partial charge in [-0.15, -0.1) is 11.3 Å². The number of thiophene rings is 1. The fourth-order valence-corrected chi connectivity index (χ4v) is 3.20. The van der Waals surface area contributed by atoms with Gasteiger partial charge in [-0.05, 0) is 42.6 Å². The van der Waals surface area contributed by atoms with Crippen LogP contribution in [0.25, 0.3) is 21.8 Å². The largest absolute Gasteiger partial charge is 0.457 e. The molecule has 0 fully saturated rings. The number of aromatic amines is 1. The second-order valence-corrected chi connectivity index (χ2v) is 6.36. The third-order valence-corrected chi connectivity index (χ3v) is 4.57. The molecule has 1 N–H and O–H groups in total. The van der Waals surface area contributed by atoms with E-state index in [1.807, 2.05) is 66.0 Å². The number of rotatable bonds is 4. The Morgan fingerprint density at radius 1 is 0.875 bits per heavy atom. The van der Waals surface area contributed by atoms with Crippen molar-refractivity contribution in [3.63, 3.8) is 0 Å². The number of hydrogen-bond acceptors (Lipinski definition) is 4. The predicted octanol–water partition coefficient (Wildman–Crippen LogP) is 5.30. The summed E-state index contributed by atoms with van der Waals surface area (Å²) in [5.74, 6) is 1.56. The van der Waals surface area contributed by atoms with Crippen LogP contribution in [-0.4, -0.2) is 15.4 Å². The van der Waals surface area contributed by atoms with Crippen LogP contribution in [0.3, 0.4) is 0 Å². The van der Waals surface area contributed by atoms with Gasteiger partial charge in [0.15, 0.2) is 0 Å². The molecule has 0 saturated carbocycles. The van der Waals surface area contributed by atoms with Gasteiger partial charge in [0.05, 0.1) is 4.88 Å². The van der Waals surface area contributed by atoms with E-state index >= 15 is 0 Å². The van der Waals surface area contributed by atoms with E-state index in [1.54, 1.807) is 11.3 Å². The maximum absolute atomic E-state index is 6.08. The highest BCUT2D eigenvalue weighted by Crippen LogP contribution is 2.37. The molecule has 2 aromatic carbocycles. The van der Waals surface area contributed by atoms with Crippen LogP contribution in [0.4, 0.5) is 0 Å². The van der Waals surface area contributed by atoms with Crippen LogP contribution < -0.4 is 4.74 Å². The van der Waals surface area contributed by atoms with Crippen LogP contribution in [0.1, 0.15) is 5.56 Å². The molecule has 118 valence electrons. The molecule has 0 amide bonds. The Kier molecular flexibility index (Phi) is 3.84. The molecule has 4 nitrogen and oxygen atoms in total. The van der Waals surface area contributed by atoms with E-state index in [4.69, 9.17) is 4.74 Å². The van der Waals surface area contributed by atoms with Gasteiger partial charge in [-0.3, -0.25) is 0 Å². The van der Waals surface area contributed by atoms with Crippen LogP contribution in [-0.2, 0) is 0 Å². The molecule has 0 aliphatic heterocycles. The van der Waals surface area contributed by atoms with E-state index in [2.05, 4.69) is 22.3 Å². The highest BCUT2D eigenvalue weighted by atomic mass is 32.1. The molecule has 0 aliphatic rings. The zero-order valence-corrected chi connectivity index (χ0v) is 13.9. The van der Waals surface area contributed by atoms with Crippen molar-refractivity contribution in [1.82, 2.24) is 15.4 Å². The molecular weight excluding hydrogens is 318 g/mol. The van der Waals surface area contributed by atoms with Gasteiger partial charge in [-0.25, -0.2) is 0 Å². The maximum Gasteiger partial charge on any atom is 0.136 e. The summed E-state index contributed by atoms with van der Waals surface area (Å²) < 4.78 is 6.08. The average Bonchev–Trinajstić information content (AvgIpc) is 3.28. The van der Waals surface area contributed by atoms with Crippen LogP contribution >= 0.6 is 11.3 Å². The Hall–Kier alpha value is -2.92. The average molecular weight is 333 g/mol. The summed E-state index contributed by atoms with van der Waals surface area (Å²) in [6.07, 6.45) is 0. The van der Waals surface area contributed by atoms with Crippen LogP contribution in [0, 0.1) is 6.92 Å². The summed E-state index contributed by atoms with van der Waals surface area (Å²) in [5, 5.41) is 13.4. The van der Waals surface area contributed by atoms with Gasteiger partial charge in [0.25, 0.3) is 0 Å².